The Hall–Kier alpha value is -2.51. The number of aryl methyl sites for hydroxylation is 1. The zero-order valence-electron chi connectivity index (χ0n) is 14.5. The second kappa shape index (κ2) is 9.59. The first-order chi connectivity index (χ1) is 11.7. The van der Waals surface area contributed by atoms with Crippen LogP contribution in [0.25, 0.3) is 0 Å². The fourth-order valence-electron chi connectivity index (χ4n) is 2.26. The van der Waals surface area contributed by atoms with Gasteiger partial charge in [-0.05, 0) is 55.2 Å². The Labute approximate surface area is 145 Å². The second-order valence-corrected chi connectivity index (χ2v) is 5.80. The molecule has 24 heavy (non-hydrogen) atoms. The van der Waals surface area contributed by atoms with Gasteiger partial charge in [0.15, 0.2) is 0 Å². The van der Waals surface area contributed by atoms with E-state index in [4.69, 9.17) is 0 Å². The van der Waals surface area contributed by atoms with Crippen molar-refractivity contribution < 1.29 is 4.39 Å². The smallest absolute Gasteiger partial charge is 0.140 e. The number of hydrogen-bond acceptors (Lipinski definition) is 0. The van der Waals surface area contributed by atoms with Crippen LogP contribution in [-0.2, 0) is 6.42 Å². The van der Waals surface area contributed by atoms with Gasteiger partial charge >= 0.3 is 0 Å². The number of halogens is 1. The fourth-order valence-corrected chi connectivity index (χ4v) is 2.26. The maximum absolute atomic E-state index is 14.0. The first-order valence-corrected chi connectivity index (χ1v) is 8.62. The van der Waals surface area contributed by atoms with E-state index in [0.29, 0.717) is 11.1 Å². The second-order valence-electron chi connectivity index (χ2n) is 5.80. The van der Waals surface area contributed by atoms with Gasteiger partial charge < -0.3 is 0 Å². The van der Waals surface area contributed by atoms with Crippen molar-refractivity contribution in [2.24, 2.45) is 0 Å². The molecule has 0 aromatic heterocycles. The SMILES string of the molecule is CCCC#Cc1ccc(C#Cc2ccc(CCCC)cc2)cc1F. The Morgan fingerprint density at radius 3 is 2.21 bits per heavy atom. The third-order valence-electron chi connectivity index (χ3n) is 3.69. The highest BCUT2D eigenvalue weighted by Gasteiger charge is 1.99. The van der Waals surface area contributed by atoms with E-state index in [-0.39, 0.29) is 5.82 Å². The molecule has 0 heterocycles. The molecule has 2 aromatic carbocycles. The van der Waals surface area contributed by atoms with Gasteiger partial charge in [-0.3, -0.25) is 0 Å². The van der Waals surface area contributed by atoms with Gasteiger partial charge in [-0.2, -0.15) is 0 Å². The lowest BCUT2D eigenvalue weighted by Crippen LogP contribution is -1.86. The van der Waals surface area contributed by atoms with Gasteiger partial charge in [0.05, 0.1) is 5.56 Å². The highest BCUT2D eigenvalue weighted by atomic mass is 19.1. The first kappa shape index (κ1) is 17.8. The van der Waals surface area contributed by atoms with Crippen LogP contribution in [0.3, 0.4) is 0 Å². The van der Waals surface area contributed by atoms with Gasteiger partial charge in [-0.15, -0.1) is 0 Å². The molecule has 0 bridgehead atoms. The van der Waals surface area contributed by atoms with E-state index < -0.39 is 0 Å². The van der Waals surface area contributed by atoms with Crippen LogP contribution >= 0.6 is 0 Å². The summed E-state index contributed by atoms with van der Waals surface area (Å²) < 4.78 is 14.0. The molecule has 0 aliphatic carbocycles. The normalized spacial score (nSPS) is 9.62. The Bertz CT molecular complexity index is 777. The molecule has 1 heteroatoms. The van der Waals surface area contributed by atoms with Crippen molar-refractivity contribution in [3.05, 3.63) is 70.5 Å². The fraction of sp³-hybridized carbons (Fsp3) is 0.304. The number of unbranched alkanes of at least 4 members (excludes halogenated alkanes) is 2. The molecule has 0 saturated heterocycles. The van der Waals surface area contributed by atoms with Gasteiger partial charge in [-0.25, -0.2) is 4.39 Å². The summed E-state index contributed by atoms with van der Waals surface area (Å²) in [5.41, 5.74) is 3.39. The van der Waals surface area contributed by atoms with Gasteiger partial charge in [0, 0.05) is 17.5 Å². The van der Waals surface area contributed by atoms with Gasteiger partial charge in [0.1, 0.15) is 5.82 Å². The molecule has 0 aliphatic rings. The number of rotatable bonds is 4. The molecule has 0 aliphatic heterocycles. The van der Waals surface area contributed by atoms with Crippen LogP contribution in [-0.4, -0.2) is 0 Å². The van der Waals surface area contributed by atoms with E-state index in [1.54, 1.807) is 6.07 Å². The average molecular weight is 318 g/mol. The summed E-state index contributed by atoms with van der Waals surface area (Å²) in [6.45, 7) is 4.25. The average Bonchev–Trinajstić information content (AvgIpc) is 2.61. The van der Waals surface area contributed by atoms with Gasteiger partial charge in [0.25, 0.3) is 0 Å². The lowest BCUT2D eigenvalue weighted by molar-refractivity contribution is 0.624. The molecule has 2 rings (SSSR count). The van der Waals surface area contributed by atoms with Crippen molar-refractivity contribution in [1.29, 1.82) is 0 Å². The monoisotopic (exact) mass is 318 g/mol. The van der Waals surface area contributed by atoms with Crippen LogP contribution in [0.2, 0.25) is 0 Å². The third kappa shape index (κ3) is 5.60. The topological polar surface area (TPSA) is 0 Å². The van der Waals surface area contributed by atoms with E-state index in [1.807, 2.05) is 18.2 Å². The molecule has 0 nitrogen and oxygen atoms in total. The molecule has 0 radical (unpaired) electrons. The maximum Gasteiger partial charge on any atom is 0.140 e. The van der Waals surface area contributed by atoms with Crippen LogP contribution in [0.1, 0.15) is 61.8 Å². The lowest BCUT2D eigenvalue weighted by atomic mass is 10.1. The van der Waals surface area contributed by atoms with Crippen molar-refractivity contribution in [2.45, 2.75) is 46.0 Å². The first-order valence-electron chi connectivity index (χ1n) is 8.62. The summed E-state index contributed by atoms with van der Waals surface area (Å²) in [6, 6.07) is 13.3. The lowest BCUT2D eigenvalue weighted by Gasteiger charge is -1.99. The zero-order chi connectivity index (χ0) is 17.2. The Morgan fingerprint density at radius 2 is 1.54 bits per heavy atom. The molecule has 0 unspecified atom stereocenters. The standard InChI is InChI=1S/C23H23F/c1-3-5-7-9-22-17-16-21(18-23(22)24)15-14-20-12-10-19(11-13-20)8-6-4-2/h10-13,16-18H,3-6,8H2,1-2H3. The van der Waals surface area contributed by atoms with Gasteiger partial charge in [0.2, 0.25) is 0 Å². The maximum atomic E-state index is 14.0. The molecule has 0 fully saturated rings. The van der Waals surface area contributed by atoms with Crippen molar-refractivity contribution in [3.63, 3.8) is 0 Å². The summed E-state index contributed by atoms with van der Waals surface area (Å²) in [6.07, 6.45) is 5.28. The Morgan fingerprint density at radius 1 is 0.833 bits per heavy atom. The minimum Gasteiger partial charge on any atom is -0.206 e. The van der Waals surface area contributed by atoms with Crippen molar-refractivity contribution >= 4 is 0 Å². The van der Waals surface area contributed by atoms with Crippen LogP contribution in [0.15, 0.2) is 42.5 Å². The third-order valence-corrected chi connectivity index (χ3v) is 3.69. The largest absolute Gasteiger partial charge is 0.206 e. The van der Waals surface area contributed by atoms with Crippen molar-refractivity contribution in [3.8, 4) is 23.7 Å². The molecule has 0 spiro atoms. The predicted molar refractivity (Wildman–Crippen MR) is 99.2 cm³/mol. The molecule has 122 valence electrons. The Balaban J connectivity index is 2.08. The molecule has 0 N–H and O–H groups in total. The van der Waals surface area contributed by atoms with Crippen molar-refractivity contribution in [2.75, 3.05) is 0 Å². The molecule has 0 atom stereocenters. The summed E-state index contributed by atoms with van der Waals surface area (Å²) in [5.74, 6) is 11.6. The van der Waals surface area contributed by atoms with Gasteiger partial charge in [-0.1, -0.05) is 56.1 Å². The molecule has 0 saturated carbocycles. The van der Waals surface area contributed by atoms with E-state index in [1.165, 1.54) is 24.5 Å². The van der Waals surface area contributed by atoms with E-state index in [9.17, 15) is 4.39 Å². The van der Waals surface area contributed by atoms with Crippen molar-refractivity contribution in [1.82, 2.24) is 0 Å². The summed E-state index contributed by atoms with van der Waals surface area (Å²) in [4.78, 5) is 0. The Kier molecular flexibility index (Phi) is 7.13. The van der Waals surface area contributed by atoms with E-state index in [0.717, 1.165) is 24.8 Å². The highest BCUT2D eigenvalue weighted by Crippen LogP contribution is 2.10. The zero-order valence-corrected chi connectivity index (χ0v) is 14.5. The predicted octanol–water partition coefficient (Wildman–Crippen LogP) is 5.72. The summed E-state index contributed by atoms with van der Waals surface area (Å²) in [5, 5.41) is 0. The van der Waals surface area contributed by atoms with Crippen LogP contribution in [0, 0.1) is 29.5 Å². The summed E-state index contributed by atoms with van der Waals surface area (Å²) in [7, 11) is 0. The summed E-state index contributed by atoms with van der Waals surface area (Å²) >= 11 is 0. The molecule has 0 amide bonds. The van der Waals surface area contributed by atoms with E-state index in [2.05, 4.69) is 49.7 Å². The van der Waals surface area contributed by atoms with E-state index >= 15 is 0 Å². The highest BCUT2D eigenvalue weighted by molar-refractivity contribution is 5.46. The number of benzene rings is 2. The minimum atomic E-state index is -0.305. The minimum absolute atomic E-state index is 0.305. The van der Waals surface area contributed by atoms with Crippen LogP contribution in [0.4, 0.5) is 4.39 Å². The quantitative estimate of drug-likeness (QED) is 0.632. The molecular formula is C23H23F. The number of hydrogen-bond donors (Lipinski definition) is 0. The van der Waals surface area contributed by atoms with Crippen LogP contribution < -0.4 is 0 Å². The van der Waals surface area contributed by atoms with Crippen LogP contribution in [0.5, 0.6) is 0 Å². The molecular weight excluding hydrogens is 295 g/mol. The molecule has 2 aromatic rings.